The van der Waals surface area contributed by atoms with Crippen molar-refractivity contribution in [2.45, 2.75) is 26.4 Å². The zero-order chi connectivity index (χ0) is 18.2. The molecule has 7 heteroatoms. The molecule has 0 spiro atoms. The fourth-order valence-corrected chi connectivity index (χ4v) is 2.92. The minimum absolute atomic E-state index is 0.248. The van der Waals surface area contributed by atoms with Crippen LogP contribution in [0.3, 0.4) is 0 Å². The van der Waals surface area contributed by atoms with Crippen LogP contribution in [0, 0.1) is 0 Å². The van der Waals surface area contributed by atoms with Crippen molar-refractivity contribution in [2.75, 3.05) is 31.1 Å². The van der Waals surface area contributed by atoms with E-state index in [0.717, 1.165) is 11.3 Å². The Balaban J connectivity index is 1.73. The van der Waals surface area contributed by atoms with Crippen molar-refractivity contribution in [3.63, 3.8) is 0 Å². The highest BCUT2D eigenvalue weighted by Gasteiger charge is 2.26. The summed E-state index contributed by atoms with van der Waals surface area (Å²) in [6.07, 6.45) is 1.34. The summed E-state index contributed by atoms with van der Waals surface area (Å²) < 4.78 is 7.29. The van der Waals surface area contributed by atoms with Crippen molar-refractivity contribution in [3.8, 4) is 0 Å². The van der Waals surface area contributed by atoms with Crippen LogP contribution in [0.15, 0.2) is 30.5 Å². The molecule has 7 nitrogen and oxygen atoms in total. The van der Waals surface area contributed by atoms with E-state index in [1.807, 2.05) is 37.3 Å². The Labute approximate surface area is 146 Å². The Morgan fingerprint density at radius 2 is 1.68 bits per heavy atom. The van der Waals surface area contributed by atoms with Gasteiger partial charge in [0.2, 0.25) is 0 Å². The third-order valence-electron chi connectivity index (χ3n) is 4.13. The van der Waals surface area contributed by atoms with Gasteiger partial charge in [0.05, 0.1) is 5.56 Å². The van der Waals surface area contributed by atoms with Crippen molar-refractivity contribution >= 4 is 23.4 Å². The number of pyridine rings is 1. The molecule has 1 amide bonds. The van der Waals surface area contributed by atoms with Crippen molar-refractivity contribution in [3.05, 3.63) is 36.0 Å². The van der Waals surface area contributed by atoms with E-state index in [0.29, 0.717) is 26.2 Å². The van der Waals surface area contributed by atoms with Crippen LogP contribution in [0.4, 0.5) is 10.6 Å². The molecular formula is C18H23N3O4. The highest BCUT2D eigenvalue weighted by atomic mass is 16.6. The molecule has 25 heavy (non-hydrogen) atoms. The highest BCUT2D eigenvalue weighted by Crippen LogP contribution is 2.22. The first-order valence-corrected chi connectivity index (χ1v) is 8.32. The standard InChI is InChI=1S/C18H23N3O4/c1-18(2,3)25-17(24)20-10-8-19(9-11-20)15-7-6-14-5-4-13(16(22)23)12-21(14)15/h4-7,12H,8-11H2,1-3H3,(H,22,23). The van der Waals surface area contributed by atoms with Crippen LogP contribution < -0.4 is 4.90 Å². The second-order valence-corrected chi connectivity index (χ2v) is 7.16. The Morgan fingerprint density at radius 3 is 2.28 bits per heavy atom. The highest BCUT2D eigenvalue weighted by molar-refractivity contribution is 5.88. The summed E-state index contributed by atoms with van der Waals surface area (Å²) in [6, 6.07) is 7.33. The van der Waals surface area contributed by atoms with E-state index in [9.17, 15) is 14.7 Å². The largest absolute Gasteiger partial charge is 0.478 e. The molecule has 0 aliphatic carbocycles. The molecule has 2 aromatic heterocycles. The number of aromatic carboxylic acids is 1. The number of anilines is 1. The van der Waals surface area contributed by atoms with Crippen LogP contribution in [-0.4, -0.2) is 58.2 Å². The molecular weight excluding hydrogens is 322 g/mol. The second kappa shape index (κ2) is 6.31. The van der Waals surface area contributed by atoms with E-state index in [2.05, 4.69) is 4.90 Å². The van der Waals surface area contributed by atoms with Gasteiger partial charge in [-0.1, -0.05) is 0 Å². The molecule has 1 aliphatic heterocycles. The topological polar surface area (TPSA) is 74.5 Å². The molecule has 0 bridgehead atoms. The number of hydrogen-bond donors (Lipinski definition) is 1. The van der Waals surface area contributed by atoms with E-state index in [-0.39, 0.29) is 11.7 Å². The molecule has 0 saturated carbocycles. The average Bonchev–Trinajstić information content (AvgIpc) is 2.96. The molecule has 0 aromatic carbocycles. The fraction of sp³-hybridized carbons (Fsp3) is 0.444. The summed E-state index contributed by atoms with van der Waals surface area (Å²) in [6.45, 7) is 8.04. The monoisotopic (exact) mass is 345 g/mol. The maximum Gasteiger partial charge on any atom is 0.410 e. The second-order valence-electron chi connectivity index (χ2n) is 7.16. The molecule has 1 fully saturated rings. The van der Waals surface area contributed by atoms with Gasteiger partial charge in [-0.15, -0.1) is 0 Å². The number of carboxylic acid groups (broad SMARTS) is 1. The number of nitrogens with zero attached hydrogens (tertiary/aromatic N) is 3. The average molecular weight is 345 g/mol. The SMILES string of the molecule is CC(C)(C)OC(=O)N1CCN(c2ccc3ccc(C(=O)O)cn23)CC1. The number of amides is 1. The molecule has 1 aliphatic rings. The maximum absolute atomic E-state index is 12.2. The van der Waals surface area contributed by atoms with Gasteiger partial charge in [-0.05, 0) is 45.0 Å². The minimum atomic E-state index is -0.948. The summed E-state index contributed by atoms with van der Waals surface area (Å²) in [5.41, 5.74) is 0.686. The number of fused-ring (bicyclic) bond motifs is 1. The van der Waals surface area contributed by atoms with Gasteiger partial charge in [0.1, 0.15) is 11.4 Å². The predicted molar refractivity (Wildman–Crippen MR) is 94.4 cm³/mol. The van der Waals surface area contributed by atoms with E-state index in [1.54, 1.807) is 23.2 Å². The van der Waals surface area contributed by atoms with E-state index in [4.69, 9.17) is 4.74 Å². The number of carbonyl (C=O) groups is 2. The number of carboxylic acids is 1. The molecule has 1 N–H and O–H groups in total. The number of aromatic nitrogens is 1. The van der Waals surface area contributed by atoms with Gasteiger partial charge in [0.15, 0.2) is 0 Å². The quantitative estimate of drug-likeness (QED) is 0.906. The number of carbonyl (C=O) groups excluding carboxylic acids is 1. The summed E-state index contributed by atoms with van der Waals surface area (Å²) in [4.78, 5) is 27.2. The lowest BCUT2D eigenvalue weighted by molar-refractivity contribution is 0.0240. The number of rotatable bonds is 2. The first kappa shape index (κ1) is 17.1. The lowest BCUT2D eigenvalue weighted by Crippen LogP contribution is -2.50. The van der Waals surface area contributed by atoms with Gasteiger partial charge in [-0.3, -0.25) is 0 Å². The molecule has 1 saturated heterocycles. The van der Waals surface area contributed by atoms with Crippen molar-refractivity contribution < 1.29 is 19.4 Å². The van der Waals surface area contributed by atoms with Crippen LogP contribution in [-0.2, 0) is 4.74 Å². The van der Waals surface area contributed by atoms with E-state index >= 15 is 0 Å². The smallest absolute Gasteiger partial charge is 0.410 e. The normalized spacial score (nSPS) is 15.5. The molecule has 3 heterocycles. The first-order chi connectivity index (χ1) is 11.7. The van der Waals surface area contributed by atoms with Gasteiger partial charge in [-0.25, -0.2) is 9.59 Å². The number of ether oxygens (including phenoxy) is 1. The Bertz CT molecular complexity index is 798. The predicted octanol–water partition coefficient (Wildman–Crippen LogP) is 2.69. The van der Waals surface area contributed by atoms with Crippen LogP contribution >= 0.6 is 0 Å². The van der Waals surface area contributed by atoms with Gasteiger partial charge < -0.3 is 24.0 Å². The van der Waals surface area contributed by atoms with Crippen LogP contribution in [0.1, 0.15) is 31.1 Å². The molecule has 134 valence electrons. The van der Waals surface area contributed by atoms with Crippen LogP contribution in [0.5, 0.6) is 0 Å². The summed E-state index contributed by atoms with van der Waals surface area (Å²) in [5, 5.41) is 9.19. The summed E-state index contributed by atoms with van der Waals surface area (Å²) >= 11 is 0. The van der Waals surface area contributed by atoms with Gasteiger partial charge >= 0.3 is 12.1 Å². The summed E-state index contributed by atoms with van der Waals surface area (Å²) in [7, 11) is 0. The maximum atomic E-state index is 12.2. The van der Waals surface area contributed by atoms with Gasteiger partial charge in [0.25, 0.3) is 0 Å². The minimum Gasteiger partial charge on any atom is -0.478 e. The molecule has 2 aromatic rings. The lowest BCUT2D eigenvalue weighted by atomic mass is 10.2. The van der Waals surface area contributed by atoms with E-state index in [1.165, 1.54) is 0 Å². The van der Waals surface area contributed by atoms with Crippen LogP contribution in [0.2, 0.25) is 0 Å². The van der Waals surface area contributed by atoms with Gasteiger partial charge in [0, 0.05) is 37.9 Å². The Hall–Kier alpha value is -2.70. The third kappa shape index (κ3) is 3.70. The molecule has 0 atom stereocenters. The van der Waals surface area contributed by atoms with Crippen molar-refractivity contribution in [1.29, 1.82) is 0 Å². The zero-order valence-electron chi connectivity index (χ0n) is 14.7. The summed E-state index contributed by atoms with van der Waals surface area (Å²) in [5.74, 6) is -0.0155. The third-order valence-corrected chi connectivity index (χ3v) is 4.13. The molecule has 0 unspecified atom stereocenters. The fourth-order valence-electron chi connectivity index (χ4n) is 2.92. The first-order valence-electron chi connectivity index (χ1n) is 8.32. The number of hydrogen-bond acceptors (Lipinski definition) is 4. The van der Waals surface area contributed by atoms with Crippen molar-refractivity contribution in [2.24, 2.45) is 0 Å². The van der Waals surface area contributed by atoms with Gasteiger partial charge in [-0.2, -0.15) is 0 Å². The lowest BCUT2D eigenvalue weighted by Gasteiger charge is -2.36. The molecule has 0 radical (unpaired) electrons. The number of piperazine rings is 1. The van der Waals surface area contributed by atoms with Crippen LogP contribution in [0.25, 0.3) is 5.52 Å². The zero-order valence-corrected chi connectivity index (χ0v) is 14.7. The Morgan fingerprint density at radius 1 is 1.04 bits per heavy atom. The van der Waals surface area contributed by atoms with E-state index < -0.39 is 11.6 Å². The Kier molecular flexibility index (Phi) is 4.32. The van der Waals surface area contributed by atoms with Crippen molar-refractivity contribution in [1.82, 2.24) is 9.30 Å². The molecule has 3 rings (SSSR count).